The van der Waals surface area contributed by atoms with E-state index < -0.39 is 0 Å². The summed E-state index contributed by atoms with van der Waals surface area (Å²) in [5, 5.41) is 3.68. The second kappa shape index (κ2) is 5.94. The lowest BCUT2D eigenvalue weighted by atomic mass is 10.0. The van der Waals surface area contributed by atoms with Crippen molar-refractivity contribution in [3.05, 3.63) is 35.5 Å². The van der Waals surface area contributed by atoms with E-state index in [-0.39, 0.29) is 11.9 Å². The maximum atomic E-state index is 12.4. The average Bonchev–Trinajstić information content (AvgIpc) is 3.31. The highest BCUT2D eigenvalue weighted by molar-refractivity contribution is 7.17. The molecular weight excluding hydrogens is 310 g/mol. The van der Waals surface area contributed by atoms with Gasteiger partial charge in [0, 0.05) is 25.3 Å². The van der Waals surface area contributed by atoms with Gasteiger partial charge in [0.05, 0.1) is 12.0 Å². The number of benzene rings is 1. The lowest BCUT2D eigenvalue weighted by molar-refractivity contribution is 0.0924. The van der Waals surface area contributed by atoms with E-state index >= 15 is 0 Å². The number of hydrogen-bond acceptors (Lipinski definition) is 5. The number of ether oxygens (including phenoxy) is 1. The van der Waals surface area contributed by atoms with Gasteiger partial charge in [0.2, 0.25) is 0 Å². The number of carbonyl (C=O) groups excluding carboxylic acids is 1. The third-order valence-corrected chi connectivity index (χ3v) is 5.75. The number of methoxy groups -OCH3 is 1. The van der Waals surface area contributed by atoms with Gasteiger partial charge < -0.3 is 15.0 Å². The molecule has 1 aromatic heterocycles. The second-order valence-electron chi connectivity index (χ2n) is 6.15. The smallest absolute Gasteiger partial charge is 0.280 e. The number of hydrogen-bond donors (Lipinski definition) is 1. The van der Waals surface area contributed by atoms with Crippen LogP contribution in [0.4, 0.5) is 0 Å². The fourth-order valence-corrected chi connectivity index (χ4v) is 4.28. The molecule has 120 valence electrons. The van der Waals surface area contributed by atoms with Crippen LogP contribution in [0.15, 0.2) is 30.5 Å². The van der Waals surface area contributed by atoms with Crippen LogP contribution in [0, 0.1) is 5.92 Å². The molecule has 0 aliphatic carbocycles. The number of amides is 1. The van der Waals surface area contributed by atoms with Gasteiger partial charge in [-0.15, -0.1) is 11.3 Å². The maximum absolute atomic E-state index is 12.4. The molecule has 1 N–H and O–H groups in total. The minimum absolute atomic E-state index is 0.0529. The molecule has 2 aliphatic rings. The molecule has 0 spiro atoms. The van der Waals surface area contributed by atoms with Gasteiger partial charge in [-0.25, -0.2) is 4.98 Å². The zero-order chi connectivity index (χ0) is 15.8. The number of nitrogens with one attached hydrogen (secondary N) is 1. The molecule has 6 heteroatoms. The summed E-state index contributed by atoms with van der Waals surface area (Å²) in [6.45, 7) is 3.27. The van der Waals surface area contributed by atoms with Gasteiger partial charge in [-0.1, -0.05) is 12.1 Å². The summed E-state index contributed by atoms with van der Waals surface area (Å²) in [5.41, 5.74) is 1.02. The predicted molar refractivity (Wildman–Crippen MR) is 89.9 cm³/mol. The van der Waals surface area contributed by atoms with Crippen molar-refractivity contribution in [2.45, 2.75) is 12.5 Å². The molecular formula is C17H19N3O2S. The number of rotatable bonds is 4. The fourth-order valence-electron chi connectivity index (χ4n) is 3.47. The van der Waals surface area contributed by atoms with Crippen LogP contribution in [0.25, 0.3) is 10.4 Å². The number of nitrogens with zero attached hydrogens (tertiary/aromatic N) is 2. The Morgan fingerprint density at radius 3 is 3.09 bits per heavy atom. The van der Waals surface area contributed by atoms with Gasteiger partial charge in [-0.05, 0) is 36.6 Å². The number of fused-ring (bicyclic) bond motifs is 2. The normalized spacial score (nSPS) is 25.5. The van der Waals surface area contributed by atoms with E-state index in [4.69, 9.17) is 4.74 Å². The van der Waals surface area contributed by atoms with E-state index in [0.29, 0.717) is 10.9 Å². The van der Waals surface area contributed by atoms with E-state index in [1.165, 1.54) is 24.3 Å². The molecule has 3 heterocycles. The maximum Gasteiger partial charge on any atom is 0.280 e. The highest BCUT2D eigenvalue weighted by Gasteiger charge is 2.38. The molecule has 23 heavy (non-hydrogen) atoms. The monoisotopic (exact) mass is 329 g/mol. The Morgan fingerprint density at radius 1 is 1.43 bits per heavy atom. The summed E-state index contributed by atoms with van der Waals surface area (Å²) in [4.78, 5) is 20.1. The summed E-state index contributed by atoms with van der Waals surface area (Å²) in [6.07, 6.45) is 2.95. The molecule has 2 bridgehead atoms. The van der Waals surface area contributed by atoms with Crippen LogP contribution in [-0.4, -0.2) is 48.6 Å². The first-order chi connectivity index (χ1) is 11.2. The number of carbonyl (C=O) groups is 1. The Balaban J connectivity index is 1.47. The van der Waals surface area contributed by atoms with Crippen LogP contribution in [0.3, 0.4) is 0 Å². The van der Waals surface area contributed by atoms with Gasteiger partial charge in [0.15, 0.2) is 5.01 Å². The van der Waals surface area contributed by atoms with Crippen molar-refractivity contribution in [3.63, 3.8) is 0 Å². The summed E-state index contributed by atoms with van der Waals surface area (Å²) in [6, 6.07) is 8.08. The summed E-state index contributed by atoms with van der Waals surface area (Å²) in [5.74, 6) is 1.36. The molecule has 4 rings (SSSR count). The number of aromatic nitrogens is 1. The predicted octanol–water partition coefficient (Wildman–Crippen LogP) is 2.25. The zero-order valence-corrected chi connectivity index (χ0v) is 13.8. The van der Waals surface area contributed by atoms with E-state index in [1.54, 1.807) is 13.3 Å². The van der Waals surface area contributed by atoms with Crippen molar-refractivity contribution in [2.75, 3.05) is 26.7 Å². The van der Waals surface area contributed by atoms with Crippen molar-refractivity contribution in [2.24, 2.45) is 5.92 Å². The van der Waals surface area contributed by atoms with Gasteiger partial charge in [-0.3, -0.25) is 4.79 Å². The van der Waals surface area contributed by atoms with Crippen molar-refractivity contribution in [3.8, 4) is 16.2 Å². The van der Waals surface area contributed by atoms with Crippen LogP contribution >= 0.6 is 11.3 Å². The highest BCUT2D eigenvalue weighted by Crippen LogP contribution is 2.30. The van der Waals surface area contributed by atoms with E-state index in [1.807, 2.05) is 24.3 Å². The molecule has 2 unspecified atom stereocenters. The minimum Gasteiger partial charge on any atom is -0.497 e. The number of piperidine rings is 1. The minimum atomic E-state index is -0.0529. The van der Waals surface area contributed by atoms with Crippen LogP contribution in [0.1, 0.15) is 16.2 Å². The Hall–Kier alpha value is -1.92. The molecule has 5 nitrogen and oxygen atoms in total. The Bertz CT molecular complexity index is 730. The quantitative estimate of drug-likeness (QED) is 0.935. The van der Waals surface area contributed by atoms with Crippen molar-refractivity contribution in [1.29, 1.82) is 0 Å². The zero-order valence-electron chi connectivity index (χ0n) is 13.0. The van der Waals surface area contributed by atoms with E-state index in [9.17, 15) is 4.79 Å². The third kappa shape index (κ3) is 2.84. The van der Waals surface area contributed by atoms with Gasteiger partial charge >= 0.3 is 0 Å². The van der Waals surface area contributed by atoms with Crippen LogP contribution in [-0.2, 0) is 0 Å². The first kappa shape index (κ1) is 14.7. The summed E-state index contributed by atoms with van der Waals surface area (Å²) in [7, 11) is 1.65. The van der Waals surface area contributed by atoms with Crippen molar-refractivity contribution in [1.82, 2.24) is 15.2 Å². The molecule has 1 aromatic carbocycles. The van der Waals surface area contributed by atoms with Crippen LogP contribution < -0.4 is 10.1 Å². The first-order valence-corrected chi connectivity index (χ1v) is 8.68. The SMILES string of the molecule is COc1cccc(-c2cnc(C(=O)NC3CN4CC[C@H]3C4)s2)c1. The average molecular weight is 329 g/mol. The Morgan fingerprint density at radius 2 is 2.35 bits per heavy atom. The highest BCUT2D eigenvalue weighted by atomic mass is 32.1. The lowest BCUT2D eigenvalue weighted by Gasteiger charge is -2.22. The summed E-state index contributed by atoms with van der Waals surface area (Å²) < 4.78 is 5.25. The molecule has 2 aliphatic heterocycles. The van der Waals surface area contributed by atoms with E-state index in [2.05, 4.69) is 15.2 Å². The molecule has 2 aromatic rings. The number of thiazole rings is 1. The standard InChI is InChI=1S/C17H19N3O2S/c1-22-13-4-2-3-11(7-13)15-8-18-17(23-15)16(21)19-14-10-20-6-5-12(14)9-20/h2-4,7-8,12,14H,5-6,9-10H2,1H3,(H,19,21)/t12-,14?/m0/s1. The third-order valence-electron chi connectivity index (χ3n) is 4.70. The molecule has 3 atom stereocenters. The van der Waals surface area contributed by atoms with Gasteiger partial charge in [-0.2, -0.15) is 0 Å². The largest absolute Gasteiger partial charge is 0.497 e. The van der Waals surface area contributed by atoms with E-state index in [0.717, 1.165) is 29.3 Å². The molecule has 1 amide bonds. The first-order valence-electron chi connectivity index (χ1n) is 7.86. The van der Waals surface area contributed by atoms with Gasteiger partial charge in [0.1, 0.15) is 5.75 Å². The summed E-state index contributed by atoms with van der Waals surface area (Å²) >= 11 is 1.42. The molecule has 2 fully saturated rings. The molecule has 2 saturated heterocycles. The second-order valence-corrected chi connectivity index (χ2v) is 7.18. The van der Waals surface area contributed by atoms with Crippen molar-refractivity contribution >= 4 is 17.2 Å². The molecule has 0 saturated carbocycles. The Kier molecular flexibility index (Phi) is 3.79. The topological polar surface area (TPSA) is 54.5 Å². The van der Waals surface area contributed by atoms with Crippen LogP contribution in [0.2, 0.25) is 0 Å². The molecule has 0 radical (unpaired) electrons. The van der Waals surface area contributed by atoms with Gasteiger partial charge in [0.25, 0.3) is 5.91 Å². The Labute approximate surface area is 139 Å². The van der Waals surface area contributed by atoms with Crippen molar-refractivity contribution < 1.29 is 9.53 Å². The van der Waals surface area contributed by atoms with Crippen LogP contribution in [0.5, 0.6) is 5.75 Å². The lowest BCUT2D eigenvalue weighted by Crippen LogP contribution is -2.43. The fraction of sp³-hybridized carbons (Fsp3) is 0.412.